The number of imidazole rings is 1. The zero-order valence-electron chi connectivity index (χ0n) is 20.5. The number of hydrogen-bond donors (Lipinski definition) is 9. The number of rotatable bonds is 14. The standard InChI is InChI=1S/C23H31N7O8/c1-11(31)19(25)22(36)29-15(6-12-2-4-14(32)5-3-12)20(34)28-16(8-18(24)33)21(35)30-17(23(37)38)7-13-9-26-10-27-13/h2-5,9-11,15-17,19,31-32H,6-8,25H2,1H3,(H2,24,33)(H,26,27)(H,28,34)(H,29,36)(H,30,35)(H,37,38). The number of aromatic hydroxyl groups is 1. The van der Waals surface area contributed by atoms with Crippen LogP contribution >= 0.6 is 0 Å². The maximum absolute atomic E-state index is 13.2. The number of hydrogen-bond acceptors (Lipinski definition) is 9. The Morgan fingerprint density at radius 3 is 2.05 bits per heavy atom. The highest BCUT2D eigenvalue weighted by atomic mass is 16.4. The van der Waals surface area contributed by atoms with Crippen molar-refractivity contribution < 1.29 is 39.3 Å². The van der Waals surface area contributed by atoms with Gasteiger partial charge in [-0.3, -0.25) is 19.2 Å². The second-order valence-electron chi connectivity index (χ2n) is 8.61. The molecule has 0 aliphatic heterocycles. The van der Waals surface area contributed by atoms with E-state index < -0.39 is 66.3 Å². The van der Waals surface area contributed by atoms with E-state index >= 15 is 0 Å². The Balaban J connectivity index is 2.23. The van der Waals surface area contributed by atoms with E-state index in [1.165, 1.54) is 43.7 Å². The quantitative estimate of drug-likeness (QED) is 0.119. The van der Waals surface area contributed by atoms with Crippen molar-refractivity contribution in [2.45, 2.75) is 56.5 Å². The van der Waals surface area contributed by atoms with E-state index in [1.54, 1.807) is 0 Å². The van der Waals surface area contributed by atoms with E-state index in [0.29, 0.717) is 11.3 Å². The molecule has 15 nitrogen and oxygen atoms in total. The Labute approximate surface area is 217 Å². The smallest absolute Gasteiger partial charge is 0.326 e. The molecule has 0 aliphatic rings. The minimum Gasteiger partial charge on any atom is -0.508 e. The number of phenolic OH excluding ortho intramolecular Hbond substituents is 1. The topological polar surface area (TPSA) is 263 Å². The average Bonchev–Trinajstić information content (AvgIpc) is 3.36. The molecular weight excluding hydrogens is 502 g/mol. The second kappa shape index (κ2) is 13.7. The SMILES string of the molecule is CC(O)C(N)C(=O)NC(Cc1ccc(O)cc1)C(=O)NC(CC(N)=O)C(=O)NC(Cc1cnc[nH]1)C(=O)O. The number of H-pyrrole nitrogens is 1. The maximum atomic E-state index is 13.2. The van der Waals surface area contributed by atoms with Gasteiger partial charge in [-0.25, -0.2) is 9.78 Å². The lowest BCUT2D eigenvalue weighted by Gasteiger charge is -2.25. The first-order valence-electron chi connectivity index (χ1n) is 11.5. The number of aliphatic hydroxyl groups is 1. The molecule has 0 saturated carbocycles. The van der Waals surface area contributed by atoms with Crippen molar-refractivity contribution in [1.82, 2.24) is 25.9 Å². The monoisotopic (exact) mass is 533 g/mol. The predicted octanol–water partition coefficient (Wildman–Crippen LogP) is -2.98. The number of primary amides is 1. The van der Waals surface area contributed by atoms with Gasteiger partial charge in [0.2, 0.25) is 23.6 Å². The number of nitrogens with zero attached hydrogens (tertiary/aromatic N) is 1. The van der Waals surface area contributed by atoms with Crippen LogP contribution in [0, 0.1) is 0 Å². The fourth-order valence-corrected chi connectivity index (χ4v) is 3.34. The highest BCUT2D eigenvalue weighted by Gasteiger charge is 2.32. The molecular formula is C23H31N7O8. The molecule has 2 aromatic rings. The molecule has 15 heteroatoms. The number of nitrogens with two attached hydrogens (primary N) is 2. The fraction of sp³-hybridized carbons (Fsp3) is 0.391. The number of carboxylic acid groups (broad SMARTS) is 1. The number of carbonyl (C=O) groups excluding carboxylic acids is 4. The first-order chi connectivity index (χ1) is 17.9. The lowest BCUT2D eigenvalue weighted by atomic mass is 10.0. The van der Waals surface area contributed by atoms with Gasteiger partial charge in [0.05, 0.1) is 18.9 Å². The summed E-state index contributed by atoms with van der Waals surface area (Å²) in [7, 11) is 0. The van der Waals surface area contributed by atoms with Crippen molar-refractivity contribution in [2.24, 2.45) is 11.5 Å². The molecule has 11 N–H and O–H groups in total. The Kier molecular flexibility index (Phi) is 10.7. The van der Waals surface area contributed by atoms with Crippen molar-refractivity contribution in [3.05, 3.63) is 48.0 Å². The highest BCUT2D eigenvalue weighted by Crippen LogP contribution is 2.12. The molecule has 5 atom stereocenters. The number of phenols is 1. The summed E-state index contributed by atoms with van der Waals surface area (Å²) in [6.45, 7) is 1.29. The molecule has 4 amide bonds. The molecule has 0 bridgehead atoms. The number of aliphatic hydroxyl groups excluding tert-OH is 1. The summed E-state index contributed by atoms with van der Waals surface area (Å²) in [4.78, 5) is 68.4. The van der Waals surface area contributed by atoms with Crippen molar-refractivity contribution in [1.29, 1.82) is 0 Å². The summed E-state index contributed by atoms with van der Waals surface area (Å²) in [5, 5.41) is 35.6. The number of benzene rings is 1. The molecule has 0 fully saturated rings. The maximum Gasteiger partial charge on any atom is 0.326 e. The molecule has 0 saturated heterocycles. The number of carboxylic acids is 1. The third-order valence-electron chi connectivity index (χ3n) is 5.46. The number of aliphatic carboxylic acids is 1. The van der Waals surface area contributed by atoms with Gasteiger partial charge in [-0.1, -0.05) is 12.1 Å². The van der Waals surface area contributed by atoms with Crippen molar-refractivity contribution in [3.63, 3.8) is 0 Å². The number of carbonyl (C=O) groups is 5. The molecule has 0 radical (unpaired) electrons. The first-order valence-corrected chi connectivity index (χ1v) is 11.5. The van der Waals surface area contributed by atoms with E-state index in [2.05, 4.69) is 25.9 Å². The third kappa shape index (κ3) is 9.18. The predicted molar refractivity (Wildman–Crippen MR) is 131 cm³/mol. The molecule has 0 spiro atoms. The van der Waals surface area contributed by atoms with Crippen molar-refractivity contribution in [2.75, 3.05) is 0 Å². The summed E-state index contributed by atoms with van der Waals surface area (Å²) >= 11 is 0. The van der Waals surface area contributed by atoms with Crippen molar-refractivity contribution in [3.8, 4) is 5.75 Å². The van der Waals surface area contributed by atoms with Gasteiger partial charge in [0.25, 0.3) is 0 Å². The normalized spacial score (nSPS) is 14.8. The van der Waals surface area contributed by atoms with Gasteiger partial charge in [0, 0.05) is 24.7 Å². The van der Waals surface area contributed by atoms with Gasteiger partial charge < -0.3 is 47.7 Å². The average molecular weight is 534 g/mol. The Hall–Kier alpha value is -4.50. The minimum absolute atomic E-state index is 0.0313. The fourth-order valence-electron chi connectivity index (χ4n) is 3.34. The van der Waals surface area contributed by atoms with Gasteiger partial charge in [-0.2, -0.15) is 0 Å². The van der Waals surface area contributed by atoms with Crippen LogP contribution in [-0.2, 0) is 36.8 Å². The Bertz CT molecular complexity index is 1120. The van der Waals surface area contributed by atoms with E-state index in [0.717, 1.165) is 0 Å². The molecule has 2 rings (SSSR count). The third-order valence-corrected chi connectivity index (χ3v) is 5.46. The van der Waals surface area contributed by atoms with E-state index in [4.69, 9.17) is 11.5 Å². The summed E-state index contributed by atoms with van der Waals surface area (Å²) in [6.07, 6.45) is 0.532. The van der Waals surface area contributed by atoms with Crippen molar-refractivity contribution >= 4 is 29.6 Å². The van der Waals surface area contributed by atoms with Gasteiger partial charge in [0.15, 0.2) is 0 Å². The van der Waals surface area contributed by atoms with E-state index in [1.807, 2.05) is 0 Å². The molecule has 206 valence electrons. The van der Waals surface area contributed by atoms with Crippen LogP contribution in [0.3, 0.4) is 0 Å². The molecule has 1 aromatic heterocycles. The first kappa shape index (κ1) is 29.7. The molecule has 38 heavy (non-hydrogen) atoms. The van der Waals surface area contributed by atoms with Crippen LogP contribution in [0.25, 0.3) is 0 Å². The number of aromatic nitrogens is 2. The van der Waals surface area contributed by atoms with Gasteiger partial charge >= 0.3 is 5.97 Å². The number of aromatic amines is 1. The van der Waals surface area contributed by atoms with Crippen LogP contribution in [0.1, 0.15) is 24.6 Å². The van der Waals surface area contributed by atoms with Crippen LogP contribution < -0.4 is 27.4 Å². The van der Waals surface area contributed by atoms with Crippen LogP contribution in [0.2, 0.25) is 0 Å². The minimum atomic E-state index is -1.58. The van der Waals surface area contributed by atoms with Gasteiger partial charge in [-0.05, 0) is 24.6 Å². The summed E-state index contributed by atoms with van der Waals surface area (Å²) in [5.74, 6) is -5.13. The lowest BCUT2D eigenvalue weighted by Crippen LogP contribution is -2.59. The summed E-state index contributed by atoms with van der Waals surface area (Å²) < 4.78 is 0. The van der Waals surface area contributed by atoms with E-state index in [-0.39, 0.29) is 18.6 Å². The van der Waals surface area contributed by atoms with Crippen LogP contribution in [0.4, 0.5) is 0 Å². The number of amides is 4. The highest BCUT2D eigenvalue weighted by molar-refractivity contribution is 5.96. The summed E-state index contributed by atoms with van der Waals surface area (Å²) in [5.41, 5.74) is 11.8. The van der Waals surface area contributed by atoms with E-state index in [9.17, 15) is 39.3 Å². The van der Waals surface area contributed by atoms with Crippen LogP contribution in [-0.4, -0.2) is 85.2 Å². The number of nitrogens with one attached hydrogen (secondary N) is 4. The van der Waals surface area contributed by atoms with Crippen LogP contribution in [0.15, 0.2) is 36.8 Å². The molecule has 0 aliphatic carbocycles. The van der Waals surface area contributed by atoms with Gasteiger partial charge in [0.1, 0.15) is 29.9 Å². The second-order valence-corrected chi connectivity index (χ2v) is 8.61. The van der Waals surface area contributed by atoms with Gasteiger partial charge in [-0.15, -0.1) is 0 Å². The molecule has 1 aromatic carbocycles. The Morgan fingerprint density at radius 2 is 1.53 bits per heavy atom. The lowest BCUT2D eigenvalue weighted by molar-refractivity contribution is -0.142. The zero-order valence-corrected chi connectivity index (χ0v) is 20.5. The summed E-state index contributed by atoms with van der Waals surface area (Å²) in [6, 6.07) is 0.0214. The zero-order chi connectivity index (χ0) is 28.4. The molecule has 1 heterocycles. The van der Waals surface area contributed by atoms with Crippen LogP contribution in [0.5, 0.6) is 5.75 Å². The Morgan fingerprint density at radius 1 is 0.947 bits per heavy atom. The molecule has 5 unspecified atom stereocenters. The largest absolute Gasteiger partial charge is 0.508 e.